The van der Waals surface area contributed by atoms with Crippen LogP contribution in [0.15, 0.2) is 0 Å². The Bertz CT molecular complexity index is 647. The third-order valence-corrected chi connectivity index (χ3v) is 6.13. The fourth-order valence-electron chi connectivity index (χ4n) is 4.16. The van der Waals surface area contributed by atoms with Crippen LogP contribution in [-0.4, -0.2) is 53.5 Å². The summed E-state index contributed by atoms with van der Waals surface area (Å²) in [6, 6.07) is -2.70. The van der Waals surface area contributed by atoms with Gasteiger partial charge in [-0.25, -0.2) is 4.79 Å². The lowest BCUT2D eigenvalue weighted by Gasteiger charge is -2.28. The minimum absolute atomic E-state index is 0.0766. The third kappa shape index (κ3) is 10.5. The van der Waals surface area contributed by atoms with Crippen LogP contribution in [0.2, 0.25) is 0 Å². The van der Waals surface area contributed by atoms with Crippen molar-refractivity contribution in [2.24, 2.45) is 23.5 Å². The van der Waals surface area contributed by atoms with Crippen LogP contribution < -0.4 is 21.7 Å². The van der Waals surface area contributed by atoms with E-state index in [1.165, 1.54) is 0 Å². The Balaban J connectivity index is 2.92. The van der Waals surface area contributed by atoms with E-state index >= 15 is 0 Å². The van der Waals surface area contributed by atoms with Gasteiger partial charge in [-0.2, -0.15) is 0 Å². The van der Waals surface area contributed by atoms with Crippen LogP contribution in [0.1, 0.15) is 85.5 Å². The maximum Gasteiger partial charge on any atom is 0.326 e. The van der Waals surface area contributed by atoms with Crippen LogP contribution >= 0.6 is 0 Å². The quantitative estimate of drug-likeness (QED) is 0.246. The Labute approximate surface area is 198 Å². The van der Waals surface area contributed by atoms with E-state index in [1.807, 2.05) is 13.8 Å². The van der Waals surface area contributed by atoms with Gasteiger partial charge < -0.3 is 26.8 Å². The SMILES string of the molecule is CC(C)C[C@H](NC(=O)C1CCCCC1)C(=O)N[C@@H](CCCCN)C(=O)N[C@H](C(=O)O)C(C)C. The number of carboxylic acid groups (broad SMARTS) is 1. The van der Waals surface area contributed by atoms with E-state index in [-0.39, 0.29) is 23.7 Å². The predicted molar refractivity (Wildman–Crippen MR) is 127 cm³/mol. The predicted octanol–water partition coefficient (Wildman–Crippen LogP) is 1.94. The number of nitrogens with one attached hydrogen (secondary N) is 3. The molecule has 190 valence electrons. The van der Waals surface area contributed by atoms with Crippen molar-refractivity contribution < 1.29 is 24.3 Å². The molecule has 0 spiro atoms. The van der Waals surface area contributed by atoms with E-state index in [2.05, 4.69) is 16.0 Å². The lowest BCUT2D eigenvalue weighted by molar-refractivity contribution is -0.143. The van der Waals surface area contributed by atoms with Gasteiger partial charge in [0.1, 0.15) is 18.1 Å². The fraction of sp³-hybridized carbons (Fsp3) is 0.833. The first-order valence-electron chi connectivity index (χ1n) is 12.4. The summed E-state index contributed by atoms with van der Waals surface area (Å²) in [5.41, 5.74) is 5.57. The van der Waals surface area contributed by atoms with Crippen molar-refractivity contribution in [3.05, 3.63) is 0 Å². The molecule has 1 fully saturated rings. The van der Waals surface area contributed by atoms with Gasteiger partial charge in [0, 0.05) is 5.92 Å². The van der Waals surface area contributed by atoms with E-state index in [0.717, 1.165) is 32.1 Å². The second-order valence-electron chi connectivity index (χ2n) is 9.94. The summed E-state index contributed by atoms with van der Waals surface area (Å²) >= 11 is 0. The Hall–Kier alpha value is -2.16. The van der Waals surface area contributed by atoms with Crippen molar-refractivity contribution in [3.8, 4) is 0 Å². The summed E-state index contributed by atoms with van der Waals surface area (Å²) in [5.74, 6) is -2.41. The molecule has 6 N–H and O–H groups in total. The summed E-state index contributed by atoms with van der Waals surface area (Å²) in [7, 11) is 0. The Morgan fingerprint density at radius 1 is 0.879 bits per heavy atom. The molecule has 1 aliphatic rings. The molecule has 3 amide bonds. The summed E-state index contributed by atoms with van der Waals surface area (Å²) < 4.78 is 0. The van der Waals surface area contributed by atoms with Gasteiger partial charge in [0.15, 0.2) is 0 Å². The average Bonchev–Trinajstić information content (AvgIpc) is 2.75. The molecule has 9 heteroatoms. The number of amides is 3. The van der Waals surface area contributed by atoms with Gasteiger partial charge in [0.2, 0.25) is 17.7 Å². The number of hydrogen-bond acceptors (Lipinski definition) is 5. The molecule has 33 heavy (non-hydrogen) atoms. The maximum atomic E-state index is 13.2. The van der Waals surface area contributed by atoms with Crippen LogP contribution in [0.5, 0.6) is 0 Å². The molecule has 0 aromatic rings. The first-order valence-corrected chi connectivity index (χ1v) is 12.4. The summed E-state index contributed by atoms with van der Waals surface area (Å²) in [4.78, 5) is 50.3. The lowest BCUT2D eigenvalue weighted by Crippen LogP contribution is -2.57. The Morgan fingerprint density at radius 3 is 2.00 bits per heavy atom. The second-order valence-corrected chi connectivity index (χ2v) is 9.94. The second kappa shape index (κ2) is 14.9. The van der Waals surface area contributed by atoms with Gasteiger partial charge in [-0.1, -0.05) is 47.0 Å². The zero-order valence-electron chi connectivity index (χ0n) is 20.7. The van der Waals surface area contributed by atoms with Gasteiger partial charge in [0.05, 0.1) is 0 Å². The average molecular weight is 469 g/mol. The number of carboxylic acids is 1. The van der Waals surface area contributed by atoms with Gasteiger partial charge in [0.25, 0.3) is 0 Å². The van der Waals surface area contributed by atoms with Crippen LogP contribution in [0.25, 0.3) is 0 Å². The van der Waals surface area contributed by atoms with Crippen molar-refractivity contribution in [1.82, 2.24) is 16.0 Å². The Morgan fingerprint density at radius 2 is 1.48 bits per heavy atom. The number of unbranched alkanes of at least 4 members (excludes halogenated alkanes) is 1. The number of aliphatic carboxylic acids is 1. The first-order chi connectivity index (χ1) is 15.6. The van der Waals surface area contributed by atoms with Crippen molar-refractivity contribution in [2.45, 2.75) is 104 Å². The molecule has 9 nitrogen and oxygen atoms in total. The minimum Gasteiger partial charge on any atom is -0.480 e. The highest BCUT2D eigenvalue weighted by atomic mass is 16.4. The molecule has 1 aliphatic carbocycles. The molecule has 1 rings (SSSR count). The van der Waals surface area contributed by atoms with Crippen molar-refractivity contribution in [1.29, 1.82) is 0 Å². The van der Waals surface area contributed by atoms with Gasteiger partial charge in [-0.3, -0.25) is 14.4 Å². The van der Waals surface area contributed by atoms with E-state index in [1.54, 1.807) is 13.8 Å². The zero-order valence-corrected chi connectivity index (χ0v) is 20.7. The summed E-state index contributed by atoms with van der Waals surface area (Å²) in [6.45, 7) is 7.82. The van der Waals surface area contributed by atoms with Crippen LogP contribution in [0.4, 0.5) is 0 Å². The normalized spacial score (nSPS) is 17.3. The van der Waals surface area contributed by atoms with Gasteiger partial charge in [-0.15, -0.1) is 0 Å². The third-order valence-electron chi connectivity index (χ3n) is 6.13. The van der Waals surface area contributed by atoms with E-state index in [0.29, 0.717) is 32.2 Å². The number of carbonyl (C=O) groups is 4. The number of rotatable bonds is 14. The van der Waals surface area contributed by atoms with Crippen molar-refractivity contribution >= 4 is 23.7 Å². The van der Waals surface area contributed by atoms with E-state index < -0.39 is 35.9 Å². The fourth-order valence-corrected chi connectivity index (χ4v) is 4.16. The van der Waals surface area contributed by atoms with Crippen LogP contribution in [0, 0.1) is 17.8 Å². The molecule has 0 radical (unpaired) electrons. The first kappa shape index (κ1) is 28.9. The number of nitrogens with two attached hydrogens (primary N) is 1. The topological polar surface area (TPSA) is 151 Å². The van der Waals surface area contributed by atoms with Crippen molar-refractivity contribution in [3.63, 3.8) is 0 Å². The smallest absolute Gasteiger partial charge is 0.326 e. The summed E-state index contributed by atoms with van der Waals surface area (Å²) in [6.07, 6.45) is 6.90. The molecular formula is C24H44N4O5. The lowest BCUT2D eigenvalue weighted by atomic mass is 9.88. The monoisotopic (exact) mass is 468 g/mol. The molecule has 3 atom stereocenters. The molecule has 1 saturated carbocycles. The van der Waals surface area contributed by atoms with Gasteiger partial charge in [-0.05, 0) is 56.9 Å². The molecule has 0 aromatic heterocycles. The largest absolute Gasteiger partial charge is 0.480 e. The highest BCUT2D eigenvalue weighted by Crippen LogP contribution is 2.24. The summed E-state index contributed by atoms with van der Waals surface area (Å²) in [5, 5.41) is 17.6. The van der Waals surface area contributed by atoms with Gasteiger partial charge >= 0.3 is 5.97 Å². The molecule has 0 bridgehead atoms. The Kier molecular flexibility index (Phi) is 13.0. The number of hydrogen-bond donors (Lipinski definition) is 5. The maximum absolute atomic E-state index is 13.2. The molecule has 0 aromatic carbocycles. The van der Waals surface area contributed by atoms with E-state index in [4.69, 9.17) is 5.73 Å². The molecule has 0 saturated heterocycles. The van der Waals surface area contributed by atoms with E-state index in [9.17, 15) is 24.3 Å². The molecule has 0 aliphatic heterocycles. The number of carbonyl (C=O) groups excluding carboxylic acids is 3. The highest BCUT2D eigenvalue weighted by Gasteiger charge is 2.32. The van der Waals surface area contributed by atoms with Crippen molar-refractivity contribution in [2.75, 3.05) is 6.54 Å². The molecular weight excluding hydrogens is 424 g/mol. The molecule has 0 unspecified atom stereocenters. The molecule has 0 heterocycles. The standard InChI is InChI=1S/C24H44N4O5/c1-15(2)14-19(27-21(29)17-10-6-5-7-11-17)23(31)26-18(12-8-9-13-25)22(30)28-20(16(3)4)24(32)33/h15-20H,5-14,25H2,1-4H3,(H,26,31)(H,27,29)(H,28,30)(H,32,33)/t18-,19-,20-/m0/s1. The van der Waals surface area contributed by atoms with Crippen LogP contribution in [0.3, 0.4) is 0 Å². The highest BCUT2D eigenvalue weighted by molar-refractivity contribution is 5.93. The zero-order chi connectivity index (χ0) is 25.0. The van der Waals surface area contributed by atoms with Crippen LogP contribution in [-0.2, 0) is 19.2 Å². The minimum atomic E-state index is -1.12.